The van der Waals surface area contributed by atoms with Gasteiger partial charge in [0, 0.05) is 18.9 Å². The molecule has 0 saturated heterocycles. The Kier molecular flexibility index (Phi) is 4.75. The van der Waals surface area contributed by atoms with Gasteiger partial charge < -0.3 is 15.8 Å². The van der Waals surface area contributed by atoms with E-state index in [2.05, 4.69) is 16.4 Å². The van der Waals surface area contributed by atoms with Gasteiger partial charge in [0.15, 0.2) is 0 Å². The molecule has 100 valence electrons. The predicted octanol–water partition coefficient (Wildman–Crippen LogP) is 2.00. The Bertz CT molecular complexity index is 514. The van der Waals surface area contributed by atoms with Crippen molar-refractivity contribution in [1.82, 2.24) is 10.3 Å². The molecule has 3 N–H and O–H groups in total. The Balaban J connectivity index is 1.78. The topological polar surface area (TPSA) is 60.2 Å². The molecule has 1 aromatic heterocycles. The summed E-state index contributed by atoms with van der Waals surface area (Å²) in [6.45, 7) is 1.74. The number of anilines is 1. The van der Waals surface area contributed by atoms with E-state index in [-0.39, 0.29) is 0 Å². The predicted molar refractivity (Wildman–Crippen MR) is 77.1 cm³/mol. The van der Waals surface area contributed by atoms with Crippen molar-refractivity contribution in [2.24, 2.45) is 0 Å². The summed E-state index contributed by atoms with van der Waals surface area (Å²) in [5.41, 5.74) is 8.96. The highest BCUT2D eigenvalue weighted by Crippen LogP contribution is 2.21. The summed E-state index contributed by atoms with van der Waals surface area (Å²) in [6.07, 6.45) is 4.59. The van der Waals surface area contributed by atoms with Gasteiger partial charge in [-0.05, 0) is 42.3 Å². The Morgan fingerprint density at radius 2 is 2.16 bits per heavy atom. The van der Waals surface area contributed by atoms with E-state index in [1.165, 1.54) is 11.1 Å². The molecule has 0 fully saturated rings. The van der Waals surface area contributed by atoms with Gasteiger partial charge in [0.05, 0.1) is 12.8 Å². The minimum Gasteiger partial charge on any atom is -0.495 e. The molecule has 0 atom stereocenters. The van der Waals surface area contributed by atoms with Crippen LogP contribution in [0.4, 0.5) is 5.69 Å². The van der Waals surface area contributed by atoms with Gasteiger partial charge in [0.2, 0.25) is 0 Å². The highest BCUT2D eigenvalue weighted by molar-refractivity contribution is 5.54. The number of rotatable bonds is 6. The molecule has 1 aromatic carbocycles. The van der Waals surface area contributed by atoms with Gasteiger partial charge in [0.1, 0.15) is 5.75 Å². The molecule has 0 aliphatic carbocycles. The first-order valence-electron chi connectivity index (χ1n) is 6.31. The zero-order valence-corrected chi connectivity index (χ0v) is 11.1. The number of methoxy groups -OCH3 is 1. The number of hydrogen-bond acceptors (Lipinski definition) is 4. The molecular weight excluding hydrogens is 238 g/mol. The van der Waals surface area contributed by atoms with Crippen molar-refractivity contribution >= 4 is 5.69 Å². The second-order valence-electron chi connectivity index (χ2n) is 4.36. The molecule has 4 nitrogen and oxygen atoms in total. The van der Waals surface area contributed by atoms with Crippen molar-refractivity contribution in [2.75, 3.05) is 19.4 Å². The molecule has 19 heavy (non-hydrogen) atoms. The molecule has 0 saturated carbocycles. The second kappa shape index (κ2) is 6.75. The number of aromatic nitrogens is 1. The summed E-state index contributed by atoms with van der Waals surface area (Å²) in [7, 11) is 1.63. The number of pyridine rings is 1. The molecule has 1 heterocycles. The van der Waals surface area contributed by atoms with Gasteiger partial charge in [-0.1, -0.05) is 12.1 Å². The smallest absolute Gasteiger partial charge is 0.141 e. The number of nitrogens with one attached hydrogen (secondary N) is 1. The third-order valence-electron chi connectivity index (χ3n) is 2.94. The fourth-order valence-corrected chi connectivity index (χ4v) is 1.91. The van der Waals surface area contributed by atoms with Crippen LogP contribution in [0.15, 0.2) is 42.7 Å². The van der Waals surface area contributed by atoms with Gasteiger partial charge in [-0.15, -0.1) is 0 Å². The fraction of sp³-hybridized carbons (Fsp3) is 0.267. The Labute approximate surface area is 113 Å². The monoisotopic (exact) mass is 257 g/mol. The quantitative estimate of drug-likeness (QED) is 0.614. The van der Waals surface area contributed by atoms with Crippen molar-refractivity contribution in [3.05, 3.63) is 53.9 Å². The molecule has 4 heteroatoms. The second-order valence-corrected chi connectivity index (χ2v) is 4.36. The van der Waals surface area contributed by atoms with E-state index >= 15 is 0 Å². The fourth-order valence-electron chi connectivity index (χ4n) is 1.91. The van der Waals surface area contributed by atoms with E-state index in [4.69, 9.17) is 10.5 Å². The van der Waals surface area contributed by atoms with Crippen molar-refractivity contribution in [3.63, 3.8) is 0 Å². The lowest BCUT2D eigenvalue weighted by atomic mass is 10.1. The Hall–Kier alpha value is -2.07. The molecule has 0 spiro atoms. The zero-order chi connectivity index (χ0) is 13.5. The molecule has 0 amide bonds. The van der Waals surface area contributed by atoms with Crippen molar-refractivity contribution in [1.29, 1.82) is 0 Å². The summed E-state index contributed by atoms with van der Waals surface area (Å²) in [6, 6.07) is 9.92. The van der Waals surface area contributed by atoms with E-state index in [1.54, 1.807) is 13.3 Å². The lowest BCUT2D eigenvalue weighted by Gasteiger charge is -2.08. The number of nitrogens with two attached hydrogens (primary N) is 1. The van der Waals surface area contributed by atoms with Crippen molar-refractivity contribution in [2.45, 2.75) is 13.0 Å². The summed E-state index contributed by atoms with van der Waals surface area (Å²) in [4.78, 5) is 4.08. The lowest BCUT2D eigenvalue weighted by Crippen LogP contribution is -2.16. The molecule has 0 bridgehead atoms. The van der Waals surface area contributed by atoms with E-state index in [0.717, 1.165) is 25.3 Å². The minimum atomic E-state index is 0.687. The van der Waals surface area contributed by atoms with Gasteiger partial charge in [-0.3, -0.25) is 4.98 Å². The average molecular weight is 257 g/mol. The normalized spacial score (nSPS) is 10.4. The van der Waals surface area contributed by atoms with Gasteiger partial charge in [-0.2, -0.15) is 0 Å². The molecule has 0 radical (unpaired) electrons. The minimum absolute atomic E-state index is 0.687. The molecule has 2 aromatic rings. The molecular formula is C15H19N3O. The SMILES string of the molecule is COc1ccc(CCNCc2cccnc2)cc1N. The van der Waals surface area contributed by atoms with Crippen LogP contribution in [0.5, 0.6) is 5.75 Å². The van der Waals surface area contributed by atoms with Crippen LogP contribution in [0.2, 0.25) is 0 Å². The third-order valence-corrected chi connectivity index (χ3v) is 2.94. The Morgan fingerprint density at radius 1 is 1.26 bits per heavy atom. The van der Waals surface area contributed by atoms with Crippen LogP contribution in [0.25, 0.3) is 0 Å². The molecule has 0 aliphatic rings. The van der Waals surface area contributed by atoms with Crippen LogP contribution in [-0.2, 0) is 13.0 Å². The third kappa shape index (κ3) is 3.96. The zero-order valence-electron chi connectivity index (χ0n) is 11.1. The summed E-state index contributed by atoms with van der Waals surface area (Å²) in [5, 5.41) is 3.39. The summed E-state index contributed by atoms with van der Waals surface area (Å²) in [5.74, 6) is 0.729. The van der Waals surface area contributed by atoms with Crippen LogP contribution in [0.1, 0.15) is 11.1 Å². The molecule has 0 aliphatic heterocycles. The van der Waals surface area contributed by atoms with Gasteiger partial charge >= 0.3 is 0 Å². The Morgan fingerprint density at radius 3 is 2.84 bits per heavy atom. The largest absolute Gasteiger partial charge is 0.495 e. The first kappa shape index (κ1) is 13.4. The first-order valence-corrected chi connectivity index (χ1v) is 6.31. The maximum Gasteiger partial charge on any atom is 0.141 e. The highest BCUT2D eigenvalue weighted by Gasteiger charge is 2.00. The van der Waals surface area contributed by atoms with E-state index in [9.17, 15) is 0 Å². The van der Waals surface area contributed by atoms with Crippen molar-refractivity contribution < 1.29 is 4.74 Å². The molecule has 2 rings (SSSR count). The summed E-state index contributed by atoms with van der Waals surface area (Å²) < 4.78 is 5.14. The molecule has 0 unspecified atom stereocenters. The van der Waals surface area contributed by atoms with E-state index in [0.29, 0.717) is 5.69 Å². The van der Waals surface area contributed by atoms with Crippen LogP contribution < -0.4 is 15.8 Å². The highest BCUT2D eigenvalue weighted by atomic mass is 16.5. The van der Waals surface area contributed by atoms with Gasteiger partial charge in [-0.25, -0.2) is 0 Å². The average Bonchev–Trinajstić information content (AvgIpc) is 2.45. The first-order chi connectivity index (χ1) is 9.29. The van der Waals surface area contributed by atoms with Crippen LogP contribution in [0, 0.1) is 0 Å². The summed E-state index contributed by atoms with van der Waals surface area (Å²) >= 11 is 0. The maximum absolute atomic E-state index is 5.87. The number of hydrogen-bond donors (Lipinski definition) is 2. The van der Waals surface area contributed by atoms with Crippen LogP contribution >= 0.6 is 0 Å². The van der Waals surface area contributed by atoms with Crippen LogP contribution in [0.3, 0.4) is 0 Å². The standard InChI is InChI=1S/C15H19N3O/c1-19-15-5-4-12(9-14(15)16)6-8-18-11-13-3-2-7-17-10-13/h2-5,7,9-10,18H,6,8,11,16H2,1H3. The van der Waals surface area contributed by atoms with Crippen LogP contribution in [-0.4, -0.2) is 18.6 Å². The number of nitrogens with zero attached hydrogens (tertiary/aromatic N) is 1. The van der Waals surface area contributed by atoms with Gasteiger partial charge in [0.25, 0.3) is 0 Å². The van der Waals surface area contributed by atoms with Crippen molar-refractivity contribution in [3.8, 4) is 5.75 Å². The van der Waals surface area contributed by atoms with E-state index in [1.807, 2.05) is 30.5 Å². The number of ether oxygens (including phenoxy) is 1. The number of nitrogen functional groups attached to an aromatic ring is 1. The lowest BCUT2D eigenvalue weighted by molar-refractivity contribution is 0.417. The maximum atomic E-state index is 5.87. The number of benzene rings is 1. The van der Waals surface area contributed by atoms with E-state index < -0.39 is 0 Å².